The van der Waals surface area contributed by atoms with Crippen molar-refractivity contribution < 1.29 is 4.74 Å². The van der Waals surface area contributed by atoms with E-state index in [0.29, 0.717) is 12.6 Å². The zero-order chi connectivity index (χ0) is 14.4. The Balaban J connectivity index is 2.20. The third kappa shape index (κ3) is 3.68. The normalized spacial score (nSPS) is 19.4. The summed E-state index contributed by atoms with van der Waals surface area (Å²) in [5.74, 6) is 1.08. The number of anilines is 1. The molecule has 0 aliphatic carbocycles. The van der Waals surface area contributed by atoms with Gasteiger partial charge >= 0.3 is 0 Å². The van der Waals surface area contributed by atoms with Gasteiger partial charge in [-0.3, -0.25) is 0 Å². The Bertz CT molecular complexity index is 423. The molecule has 0 aromatic heterocycles. The first-order chi connectivity index (χ1) is 9.80. The van der Waals surface area contributed by atoms with Crippen molar-refractivity contribution in [2.24, 2.45) is 5.73 Å². The average molecular weight is 294 g/mol. The van der Waals surface area contributed by atoms with E-state index >= 15 is 0 Å². The molecule has 1 aromatic carbocycles. The van der Waals surface area contributed by atoms with Gasteiger partial charge in [0.05, 0.1) is 6.10 Å². The fourth-order valence-electron chi connectivity index (χ4n) is 2.87. The summed E-state index contributed by atoms with van der Waals surface area (Å²) in [7, 11) is 0. The summed E-state index contributed by atoms with van der Waals surface area (Å²) in [5, 5.41) is 0. The van der Waals surface area contributed by atoms with Gasteiger partial charge in [-0.25, -0.2) is 0 Å². The summed E-state index contributed by atoms with van der Waals surface area (Å²) in [6.07, 6.45) is 2.73. The van der Waals surface area contributed by atoms with Gasteiger partial charge < -0.3 is 15.4 Å². The van der Waals surface area contributed by atoms with Crippen LogP contribution in [0.15, 0.2) is 23.1 Å². The van der Waals surface area contributed by atoms with Gasteiger partial charge in [-0.15, -0.1) is 11.8 Å². The monoisotopic (exact) mass is 294 g/mol. The molecule has 4 heteroatoms. The molecule has 1 fully saturated rings. The lowest BCUT2D eigenvalue weighted by Crippen LogP contribution is -2.40. The molecule has 0 spiro atoms. The van der Waals surface area contributed by atoms with Crippen molar-refractivity contribution in [3.05, 3.63) is 23.8 Å². The molecule has 1 aliphatic heterocycles. The number of thioether (sulfide) groups is 1. The zero-order valence-corrected chi connectivity index (χ0v) is 13.4. The molecular formula is C16H26N2OS. The van der Waals surface area contributed by atoms with E-state index in [-0.39, 0.29) is 0 Å². The van der Waals surface area contributed by atoms with Crippen LogP contribution in [0.2, 0.25) is 0 Å². The quantitative estimate of drug-likeness (QED) is 0.817. The third-order valence-electron chi connectivity index (χ3n) is 3.73. The Morgan fingerprint density at radius 3 is 2.95 bits per heavy atom. The summed E-state index contributed by atoms with van der Waals surface area (Å²) >= 11 is 1.88. The van der Waals surface area contributed by atoms with E-state index in [1.165, 1.54) is 29.0 Å². The van der Waals surface area contributed by atoms with Gasteiger partial charge in [0.15, 0.2) is 0 Å². The maximum Gasteiger partial charge on any atom is 0.0750 e. The number of rotatable bonds is 6. The third-order valence-corrected chi connectivity index (χ3v) is 4.72. The Labute approximate surface area is 126 Å². The maximum atomic E-state index is 6.01. The second kappa shape index (κ2) is 7.91. The lowest BCUT2D eigenvalue weighted by molar-refractivity contribution is 0.0526. The van der Waals surface area contributed by atoms with Crippen LogP contribution in [0.4, 0.5) is 5.69 Å². The second-order valence-electron chi connectivity index (χ2n) is 5.06. The average Bonchev–Trinajstić information content (AvgIpc) is 2.48. The van der Waals surface area contributed by atoms with Crippen LogP contribution < -0.4 is 10.6 Å². The second-order valence-corrected chi connectivity index (χ2v) is 6.36. The molecule has 2 N–H and O–H groups in total. The van der Waals surface area contributed by atoms with Crippen LogP contribution in [0.1, 0.15) is 32.3 Å². The summed E-state index contributed by atoms with van der Waals surface area (Å²) in [6, 6.07) is 6.54. The van der Waals surface area contributed by atoms with Gasteiger partial charge in [0, 0.05) is 42.4 Å². The van der Waals surface area contributed by atoms with Crippen molar-refractivity contribution in [3.63, 3.8) is 0 Å². The number of hydrogen-bond acceptors (Lipinski definition) is 4. The molecule has 2 rings (SSSR count). The van der Waals surface area contributed by atoms with Crippen molar-refractivity contribution in [1.29, 1.82) is 0 Å². The number of hydrogen-bond donors (Lipinski definition) is 1. The summed E-state index contributed by atoms with van der Waals surface area (Å²) in [6.45, 7) is 7.76. The molecule has 0 bridgehead atoms. The summed E-state index contributed by atoms with van der Waals surface area (Å²) in [5.41, 5.74) is 8.60. The van der Waals surface area contributed by atoms with Gasteiger partial charge in [0.25, 0.3) is 0 Å². The van der Waals surface area contributed by atoms with Crippen molar-refractivity contribution in [1.82, 2.24) is 0 Å². The first-order valence-corrected chi connectivity index (χ1v) is 8.60. The topological polar surface area (TPSA) is 38.5 Å². The van der Waals surface area contributed by atoms with Gasteiger partial charge in [-0.1, -0.05) is 13.0 Å². The van der Waals surface area contributed by atoms with Crippen molar-refractivity contribution in [3.8, 4) is 0 Å². The van der Waals surface area contributed by atoms with E-state index in [9.17, 15) is 0 Å². The van der Waals surface area contributed by atoms with E-state index in [1.54, 1.807) is 0 Å². The Hall–Kier alpha value is -0.710. The fraction of sp³-hybridized carbons (Fsp3) is 0.625. The highest BCUT2D eigenvalue weighted by atomic mass is 32.2. The highest BCUT2D eigenvalue weighted by Gasteiger charge is 2.22. The van der Waals surface area contributed by atoms with E-state index in [2.05, 4.69) is 36.9 Å². The Kier molecular flexibility index (Phi) is 6.20. The Morgan fingerprint density at radius 2 is 2.25 bits per heavy atom. The van der Waals surface area contributed by atoms with Gasteiger partial charge in [-0.05, 0) is 37.7 Å². The van der Waals surface area contributed by atoms with Crippen LogP contribution in [0.3, 0.4) is 0 Å². The predicted octanol–water partition coefficient (Wildman–Crippen LogP) is 3.26. The minimum absolute atomic E-state index is 0.363. The van der Waals surface area contributed by atoms with Crippen molar-refractivity contribution in [2.75, 3.05) is 30.3 Å². The highest BCUT2D eigenvalue weighted by molar-refractivity contribution is 7.99. The molecule has 0 radical (unpaired) electrons. The predicted molar refractivity (Wildman–Crippen MR) is 87.6 cm³/mol. The van der Waals surface area contributed by atoms with E-state index in [1.807, 2.05) is 11.8 Å². The lowest BCUT2D eigenvalue weighted by atomic mass is 10.0. The van der Waals surface area contributed by atoms with Crippen LogP contribution in [0, 0.1) is 0 Å². The molecular weight excluding hydrogens is 268 g/mol. The zero-order valence-electron chi connectivity index (χ0n) is 12.6. The molecule has 1 unspecified atom stereocenters. The Morgan fingerprint density at radius 1 is 1.40 bits per heavy atom. The van der Waals surface area contributed by atoms with Crippen LogP contribution in [0.5, 0.6) is 0 Å². The first-order valence-electron chi connectivity index (χ1n) is 7.61. The van der Waals surface area contributed by atoms with Crippen LogP contribution in [-0.2, 0) is 11.3 Å². The first kappa shape index (κ1) is 15.7. The number of ether oxygens (including phenoxy) is 1. The largest absolute Gasteiger partial charge is 0.377 e. The number of nitrogens with zero attached hydrogens (tertiary/aromatic N) is 1. The molecule has 1 aliphatic rings. The molecule has 0 saturated carbocycles. The fourth-order valence-corrected chi connectivity index (χ4v) is 3.72. The molecule has 3 nitrogen and oxygen atoms in total. The number of piperidine rings is 1. The van der Waals surface area contributed by atoms with Crippen LogP contribution in [-0.4, -0.2) is 31.6 Å². The number of nitrogens with two attached hydrogens (primary N) is 1. The number of benzene rings is 1. The van der Waals surface area contributed by atoms with Crippen LogP contribution >= 0.6 is 11.8 Å². The van der Waals surface area contributed by atoms with E-state index in [0.717, 1.165) is 25.4 Å². The van der Waals surface area contributed by atoms with Crippen LogP contribution in [0.25, 0.3) is 0 Å². The summed E-state index contributed by atoms with van der Waals surface area (Å²) < 4.78 is 5.81. The maximum absolute atomic E-state index is 6.01. The highest BCUT2D eigenvalue weighted by Crippen LogP contribution is 2.32. The standard InChI is InChI=1S/C16H26N2OS/c1-3-19-13-7-6-10-18(12-13)15-8-5-9-16(20-4-2)14(15)11-17/h5,8-9,13H,3-4,6-7,10-12,17H2,1-2H3. The molecule has 1 aromatic rings. The van der Waals surface area contributed by atoms with Crippen molar-refractivity contribution in [2.45, 2.75) is 44.2 Å². The minimum Gasteiger partial charge on any atom is -0.377 e. The molecule has 20 heavy (non-hydrogen) atoms. The molecule has 0 amide bonds. The SMILES string of the molecule is CCOC1CCCN(c2cccc(SCC)c2CN)C1. The summed E-state index contributed by atoms with van der Waals surface area (Å²) in [4.78, 5) is 3.78. The smallest absolute Gasteiger partial charge is 0.0750 e. The van der Waals surface area contributed by atoms with E-state index in [4.69, 9.17) is 10.5 Å². The molecule has 1 heterocycles. The van der Waals surface area contributed by atoms with Crippen molar-refractivity contribution >= 4 is 17.4 Å². The van der Waals surface area contributed by atoms with Gasteiger partial charge in [0.1, 0.15) is 0 Å². The molecule has 1 atom stereocenters. The van der Waals surface area contributed by atoms with Gasteiger partial charge in [-0.2, -0.15) is 0 Å². The van der Waals surface area contributed by atoms with E-state index < -0.39 is 0 Å². The van der Waals surface area contributed by atoms with Gasteiger partial charge in [0.2, 0.25) is 0 Å². The molecule has 1 saturated heterocycles. The lowest BCUT2D eigenvalue weighted by Gasteiger charge is -2.35. The minimum atomic E-state index is 0.363. The molecule has 112 valence electrons.